The third-order valence-electron chi connectivity index (χ3n) is 6.86. The molecule has 1 aliphatic rings. The maximum absolute atomic E-state index is 14.4. The maximum atomic E-state index is 14.4. The van der Waals surface area contributed by atoms with Crippen LogP contribution in [-0.2, 0) is 11.3 Å². The van der Waals surface area contributed by atoms with E-state index in [-0.39, 0.29) is 17.9 Å². The number of hydrogen-bond acceptors (Lipinski definition) is 2. The van der Waals surface area contributed by atoms with Crippen molar-refractivity contribution in [2.75, 3.05) is 19.6 Å². The molecule has 34 heavy (non-hydrogen) atoms. The van der Waals surface area contributed by atoms with Gasteiger partial charge in [-0.3, -0.25) is 4.79 Å². The van der Waals surface area contributed by atoms with Crippen molar-refractivity contribution < 1.29 is 4.79 Å². The minimum Gasteiger partial charge on any atom is -0.334 e. The number of carbonyl (C=O) groups is 1. The van der Waals surface area contributed by atoms with Crippen LogP contribution in [-0.4, -0.2) is 41.4 Å². The molecule has 1 heterocycles. The van der Waals surface area contributed by atoms with E-state index in [1.807, 2.05) is 48.5 Å². The molecule has 4 rings (SSSR count). The first kappa shape index (κ1) is 25.0. The lowest BCUT2D eigenvalue weighted by atomic mass is 9.88. The highest BCUT2D eigenvalue weighted by atomic mass is 79.9. The third kappa shape index (κ3) is 6.10. The van der Waals surface area contributed by atoms with Crippen molar-refractivity contribution in [3.63, 3.8) is 0 Å². The Morgan fingerprint density at radius 2 is 1.53 bits per heavy atom. The van der Waals surface area contributed by atoms with Gasteiger partial charge in [0.05, 0.1) is 5.92 Å². The molecule has 1 amide bonds. The van der Waals surface area contributed by atoms with Crippen molar-refractivity contribution in [2.24, 2.45) is 0 Å². The second-order valence-electron chi connectivity index (χ2n) is 9.15. The van der Waals surface area contributed by atoms with E-state index in [0.29, 0.717) is 11.6 Å². The van der Waals surface area contributed by atoms with E-state index in [9.17, 15) is 4.79 Å². The smallest absolute Gasteiger partial charge is 0.235 e. The Morgan fingerprint density at radius 1 is 0.971 bits per heavy atom. The van der Waals surface area contributed by atoms with Crippen LogP contribution < -0.4 is 0 Å². The zero-order valence-corrected chi connectivity index (χ0v) is 22.2. The van der Waals surface area contributed by atoms with Crippen molar-refractivity contribution in [1.82, 2.24) is 9.80 Å². The lowest BCUT2D eigenvalue weighted by molar-refractivity contribution is -0.136. The molecule has 0 radical (unpaired) electrons. The second-order valence-corrected chi connectivity index (χ2v) is 10.5. The number of nitrogens with zero attached hydrogens (tertiary/aromatic N) is 2. The first-order valence-electron chi connectivity index (χ1n) is 12.0. The molecule has 3 aromatic carbocycles. The molecule has 0 spiro atoms. The fourth-order valence-corrected chi connectivity index (χ4v) is 5.17. The van der Waals surface area contributed by atoms with Gasteiger partial charge in [-0.2, -0.15) is 0 Å². The van der Waals surface area contributed by atoms with Crippen molar-refractivity contribution in [1.29, 1.82) is 0 Å². The van der Waals surface area contributed by atoms with E-state index < -0.39 is 0 Å². The van der Waals surface area contributed by atoms with E-state index in [1.54, 1.807) is 0 Å². The highest BCUT2D eigenvalue weighted by molar-refractivity contribution is 9.10. The molecular formula is C29H32BrClN2O. The average Bonchev–Trinajstić information content (AvgIpc) is 2.86. The van der Waals surface area contributed by atoms with Crippen LogP contribution in [0.1, 0.15) is 47.9 Å². The average molecular weight is 540 g/mol. The van der Waals surface area contributed by atoms with Gasteiger partial charge in [-0.05, 0) is 67.3 Å². The number of piperidine rings is 1. The Balaban J connectivity index is 1.71. The summed E-state index contributed by atoms with van der Waals surface area (Å²) in [7, 11) is 0. The van der Waals surface area contributed by atoms with Crippen LogP contribution in [0.3, 0.4) is 0 Å². The van der Waals surface area contributed by atoms with Crippen LogP contribution in [0.5, 0.6) is 0 Å². The van der Waals surface area contributed by atoms with Gasteiger partial charge in [0.25, 0.3) is 0 Å². The Labute approximate surface area is 216 Å². The van der Waals surface area contributed by atoms with Gasteiger partial charge in [0.15, 0.2) is 0 Å². The molecule has 0 saturated carbocycles. The predicted octanol–water partition coefficient (Wildman–Crippen LogP) is 7.06. The summed E-state index contributed by atoms with van der Waals surface area (Å²) in [5.41, 5.74) is 4.36. The quantitative estimate of drug-likeness (QED) is 0.321. The summed E-state index contributed by atoms with van der Waals surface area (Å²) in [5, 5.41) is 0.675. The summed E-state index contributed by atoms with van der Waals surface area (Å²) in [6.07, 6.45) is 2.00. The Bertz CT molecular complexity index is 1030. The van der Waals surface area contributed by atoms with Gasteiger partial charge in [-0.1, -0.05) is 88.5 Å². The number of rotatable bonds is 7. The van der Waals surface area contributed by atoms with Crippen LogP contribution in [0.4, 0.5) is 0 Å². The van der Waals surface area contributed by atoms with Crippen molar-refractivity contribution >= 4 is 33.4 Å². The molecule has 3 nitrogen and oxygen atoms in total. The highest BCUT2D eigenvalue weighted by Crippen LogP contribution is 2.32. The van der Waals surface area contributed by atoms with E-state index in [4.69, 9.17) is 11.6 Å². The molecule has 1 fully saturated rings. The summed E-state index contributed by atoms with van der Waals surface area (Å²) < 4.78 is 1.00. The standard InChI is InChI=1S/C29H32BrClN2O/c1-3-32-18-16-27(17-19-32)33(20-22-6-4-21(2)5-7-22)29(34)28(23-8-12-25(30)13-9-23)24-10-14-26(31)15-11-24/h4-15,27-28H,3,16-20H2,1-2H3. The molecule has 5 heteroatoms. The molecule has 178 valence electrons. The van der Waals surface area contributed by atoms with Gasteiger partial charge in [-0.15, -0.1) is 0 Å². The zero-order valence-electron chi connectivity index (χ0n) is 19.9. The summed E-state index contributed by atoms with van der Waals surface area (Å²) in [5.74, 6) is -0.222. The fourth-order valence-electron chi connectivity index (χ4n) is 4.78. The molecule has 1 aliphatic heterocycles. The van der Waals surface area contributed by atoms with Crippen LogP contribution in [0.25, 0.3) is 0 Å². The van der Waals surface area contributed by atoms with Gasteiger partial charge in [0.1, 0.15) is 0 Å². The van der Waals surface area contributed by atoms with Crippen LogP contribution in [0.2, 0.25) is 5.02 Å². The van der Waals surface area contributed by atoms with Crippen molar-refractivity contribution in [3.8, 4) is 0 Å². The van der Waals surface area contributed by atoms with Crippen molar-refractivity contribution in [3.05, 3.63) is 105 Å². The monoisotopic (exact) mass is 538 g/mol. The summed E-state index contributed by atoms with van der Waals surface area (Å²) >= 11 is 9.72. The van der Waals surface area contributed by atoms with E-state index in [2.05, 4.69) is 63.8 Å². The summed E-state index contributed by atoms with van der Waals surface area (Å²) in [6.45, 7) is 8.05. The molecule has 0 bridgehead atoms. The maximum Gasteiger partial charge on any atom is 0.235 e. The van der Waals surface area contributed by atoms with Gasteiger partial charge in [0.2, 0.25) is 5.91 Å². The Morgan fingerprint density at radius 3 is 2.09 bits per heavy atom. The number of aryl methyl sites for hydroxylation is 1. The number of amides is 1. The van der Waals surface area contributed by atoms with Gasteiger partial charge >= 0.3 is 0 Å². The molecule has 0 N–H and O–H groups in total. The van der Waals surface area contributed by atoms with Crippen LogP contribution in [0, 0.1) is 6.92 Å². The third-order valence-corrected chi connectivity index (χ3v) is 7.64. The van der Waals surface area contributed by atoms with Crippen LogP contribution in [0.15, 0.2) is 77.3 Å². The molecule has 1 atom stereocenters. The van der Waals surface area contributed by atoms with Crippen molar-refractivity contribution in [2.45, 2.75) is 45.2 Å². The van der Waals surface area contributed by atoms with E-state index in [0.717, 1.165) is 48.1 Å². The van der Waals surface area contributed by atoms with Crippen LogP contribution >= 0.6 is 27.5 Å². The molecular weight excluding hydrogens is 508 g/mol. The molecule has 0 aliphatic carbocycles. The Hall–Kier alpha value is -2.14. The summed E-state index contributed by atoms with van der Waals surface area (Å²) in [4.78, 5) is 19.0. The van der Waals surface area contributed by atoms with E-state index in [1.165, 1.54) is 11.1 Å². The normalized spacial score (nSPS) is 15.8. The molecule has 3 aromatic rings. The van der Waals surface area contributed by atoms with Gasteiger partial charge in [-0.25, -0.2) is 0 Å². The topological polar surface area (TPSA) is 23.6 Å². The molecule has 0 aromatic heterocycles. The minimum atomic E-state index is -0.375. The SMILES string of the molecule is CCN1CCC(N(Cc2ccc(C)cc2)C(=O)C(c2ccc(Cl)cc2)c2ccc(Br)cc2)CC1. The summed E-state index contributed by atoms with van der Waals surface area (Å²) in [6, 6.07) is 24.6. The second kappa shape index (κ2) is 11.5. The largest absolute Gasteiger partial charge is 0.334 e. The minimum absolute atomic E-state index is 0.153. The molecule has 1 unspecified atom stereocenters. The highest BCUT2D eigenvalue weighted by Gasteiger charge is 2.33. The number of benzene rings is 3. The van der Waals surface area contributed by atoms with Gasteiger partial charge < -0.3 is 9.80 Å². The fraction of sp³-hybridized carbons (Fsp3) is 0.345. The first-order valence-corrected chi connectivity index (χ1v) is 13.2. The zero-order chi connectivity index (χ0) is 24.1. The predicted molar refractivity (Wildman–Crippen MR) is 144 cm³/mol. The van der Waals surface area contributed by atoms with E-state index >= 15 is 0 Å². The number of carbonyl (C=O) groups excluding carboxylic acids is 1. The lowest BCUT2D eigenvalue weighted by Crippen LogP contribution is -2.48. The Kier molecular flexibility index (Phi) is 8.46. The number of hydrogen-bond donors (Lipinski definition) is 0. The number of likely N-dealkylation sites (tertiary alicyclic amines) is 1. The lowest BCUT2D eigenvalue weighted by Gasteiger charge is -2.40. The first-order chi connectivity index (χ1) is 16.4. The molecule has 1 saturated heterocycles. The number of halogens is 2. The van der Waals surface area contributed by atoms with Gasteiger partial charge in [0, 0.05) is 35.2 Å².